The Balaban J connectivity index is 2.29. The third-order valence-electron chi connectivity index (χ3n) is 3.17. The van der Waals surface area contributed by atoms with Crippen molar-refractivity contribution in [2.45, 2.75) is 26.2 Å². The molecule has 2 rings (SSSR count). The number of aromatic nitrogens is 2. The lowest BCUT2D eigenvalue weighted by atomic mass is 9.89. The number of rotatable bonds is 1. The molecule has 1 saturated heterocycles. The Morgan fingerprint density at radius 1 is 1.33 bits per heavy atom. The van der Waals surface area contributed by atoms with Crippen molar-refractivity contribution in [3.8, 4) is 0 Å². The summed E-state index contributed by atoms with van der Waals surface area (Å²) in [4.78, 5) is 14.4. The number of carbonyl (C=O) groups excluding carboxylic acids is 1. The first-order valence-corrected chi connectivity index (χ1v) is 6.43. The molecule has 1 N–H and O–H groups in total. The van der Waals surface area contributed by atoms with Crippen LogP contribution in [0.5, 0.6) is 0 Å². The average Bonchev–Trinajstić information content (AvgIpc) is 2.71. The van der Waals surface area contributed by atoms with Crippen LogP contribution in [0.2, 0.25) is 0 Å². The number of hydrogen-bond acceptors (Lipinski definition) is 3. The van der Waals surface area contributed by atoms with Gasteiger partial charge >= 0.3 is 0 Å². The van der Waals surface area contributed by atoms with Crippen molar-refractivity contribution in [3.63, 3.8) is 0 Å². The van der Waals surface area contributed by atoms with Crippen LogP contribution in [0.4, 0.5) is 0 Å². The first-order valence-electron chi connectivity index (χ1n) is 6.43. The maximum atomic E-state index is 12.5. The van der Waals surface area contributed by atoms with Gasteiger partial charge in [0.1, 0.15) is 0 Å². The van der Waals surface area contributed by atoms with E-state index in [1.54, 1.807) is 4.68 Å². The smallest absolute Gasteiger partial charge is 0.257 e. The van der Waals surface area contributed by atoms with E-state index in [0.717, 1.165) is 37.4 Å². The van der Waals surface area contributed by atoms with Gasteiger partial charge in [0.25, 0.3) is 5.91 Å². The molecular weight excluding hydrogens is 228 g/mol. The molecule has 0 saturated carbocycles. The largest absolute Gasteiger partial charge is 0.336 e. The van der Waals surface area contributed by atoms with Crippen LogP contribution in [0, 0.1) is 0 Å². The van der Waals surface area contributed by atoms with E-state index < -0.39 is 0 Å². The first-order chi connectivity index (χ1) is 8.39. The third kappa shape index (κ3) is 2.56. The van der Waals surface area contributed by atoms with Gasteiger partial charge in [-0.25, -0.2) is 0 Å². The molecule has 0 bridgehead atoms. The van der Waals surface area contributed by atoms with Crippen LogP contribution in [-0.2, 0) is 12.5 Å². The normalized spacial score (nSPS) is 17.0. The molecule has 0 aliphatic carbocycles. The van der Waals surface area contributed by atoms with Gasteiger partial charge in [-0.15, -0.1) is 0 Å². The maximum absolute atomic E-state index is 12.5. The third-order valence-corrected chi connectivity index (χ3v) is 3.17. The zero-order chi connectivity index (χ0) is 13.3. The second-order valence-electron chi connectivity index (χ2n) is 5.86. The quantitative estimate of drug-likeness (QED) is 0.800. The summed E-state index contributed by atoms with van der Waals surface area (Å²) in [5.74, 6) is 0.106. The molecule has 1 aliphatic rings. The molecule has 5 nitrogen and oxygen atoms in total. The number of aryl methyl sites for hydroxylation is 1. The highest BCUT2D eigenvalue weighted by atomic mass is 16.2. The topological polar surface area (TPSA) is 50.2 Å². The fraction of sp³-hybridized carbons (Fsp3) is 0.692. The summed E-state index contributed by atoms with van der Waals surface area (Å²) >= 11 is 0. The molecule has 18 heavy (non-hydrogen) atoms. The standard InChI is InChI=1S/C13H22N4O/c1-13(2,3)11-10(9-16(4)15-11)12(18)17-7-5-14-6-8-17/h9,14H,5-8H2,1-4H3. The number of hydrogen-bond donors (Lipinski definition) is 1. The Morgan fingerprint density at radius 3 is 2.50 bits per heavy atom. The lowest BCUT2D eigenvalue weighted by Crippen LogP contribution is -2.46. The molecule has 1 fully saturated rings. The van der Waals surface area contributed by atoms with E-state index in [9.17, 15) is 4.79 Å². The van der Waals surface area contributed by atoms with Crippen molar-refractivity contribution in [2.24, 2.45) is 7.05 Å². The molecule has 0 spiro atoms. The van der Waals surface area contributed by atoms with Crippen molar-refractivity contribution in [2.75, 3.05) is 26.2 Å². The van der Waals surface area contributed by atoms with E-state index in [4.69, 9.17) is 0 Å². The van der Waals surface area contributed by atoms with Crippen LogP contribution in [0.3, 0.4) is 0 Å². The minimum Gasteiger partial charge on any atom is -0.336 e. The van der Waals surface area contributed by atoms with E-state index in [0.29, 0.717) is 0 Å². The molecule has 1 aromatic heterocycles. The number of nitrogens with zero attached hydrogens (tertiary/aromatic N) is 3. The van der Waals surface area contributed by atoms with Crippen LogP contribution in [-0.4, -0.2) is 46.8 Å². The Kier molecular flexibility index (Phi) is 3.43. The molecule has 1 aliphatic heterocycles. The Hall–Kier alpha value is -1.36. The highest BCUT2D eigenvalue weighted by Crippen LogP contribution is 2.25. The predicted molar refractivity (Wildman–Crippen MR) is 70.7 cm³/mol. The number of piperazine rings is 1. The van der Waals surface area contributed by atoms with Crippen molar-refractivity contribution >= 4 is 5.91 Å². The molecular formula is C13H22N4O. The fourth-order valence-corrected chi connectivity index (χ4v) is 2.24. The van der Waals surface area contributed by atoms with Crippen LogP contribution in [0.25, 0.3) is 0 Å². The number of amides is 1. The van der Waals surface area contributed by atoms with Crippen molar-refractivity contribution in [1.82, 2.24) is 20.0 Å². The fourth-order valence-electron chi connectivity index (χ4n) is 2.24. The maximum Gasteiger partial charge on any atom is 0.257 e. The summed E-state index contributed by atoms with van der Waals surface area (Å²) < 4.78 is 1.73. The second kappa shape index (κ2) is 4.72. The lowest BCUT2D eigenvalue weighted by molar-refractivity contribution is 0.0733. The van der Waals surface area contributed by atoms with Gasteiger partial charge in [0.05, 0.1) is 11.3 Å². The van der Waals surface area contributed by atoms with E-state index in [1.807, 2.05) is 18.1 Å². The zero-order valence-corrected chi connectivity index (χ0v) is 11.7. The highest BCUT2D eigenvalue weighted by Gasteiger charge is 2.28. The van der Waals surface area contributed by atoms with Gasteiger partial charge in [0.15, 0.2) is 0 Å². The van der Waals surface area contributed by atoms with Crippen molar-refractivity contribution in [3.05, 3.63) is 17.5 Å². The molecule has 100 valence electrons. The van der Waals surface area contributed by atoms with E-state index in [2.05, 4.69) is 31.2 Å². The first kappa shape index (κ1) is 13.1. The van der Waals surface area contributed by atoms with Crippen LogP contribution < -0.4 is 5.32 Å². The average molecular weight is 250 g/mol. The van der Waals surface area contributed by atoms with Crippen LogP contribution in [0.1, 0.15) is 36.8 Å². The summed E-state index contributed by atoms with van der Waals surface area (Å²) in [5, 5.41) is 7.71. The van der Waals surface area contributed by atoms with E-state index in [-0.39, 0.29) is 11.3 Å². The summed E-state index contributed by atoms with van der Waals surface area (Å²) in [5.41, 5.74) is 1.51. The lowest BCUT2D eigenvalue weighted by Gasteiger charge is -2.28. The van der Waals surface area contributed by atoms with Gasteiger partial charge < -0.3 is 10.2 Å². The van der Waals surface area contributed by atoms with Crippen LogP contribution >= 0.6 is 0 Å². The number of nitrogens with one attached hydrogen (secondary N) is 1. The van der Waals surface area contributed by atoms with Crippen LogP contribution in [0.15, 0.2) is 6.20 Å². The Bertz CT molecular complexity index is 438. The van der Waals surface area contributed by atoms with Crippen molar-refractivity contribution < 1.29 is 4.79 Å². The molecule has 5 heteroatoms. The molecule has 0 aromatic carbocycles. The van der Waals surface area contributed by atoms with Gasteiger partial charge in [0.2, 0.25) is 0 Å². The Morgan fingerprint density at radius 2 is 1.94 bits per heavy atom. The van der Waals surface area contributed by atoms with E-state index in [1.165, 1.54) is 0 Å². The number of carbonyl (C=O) groups is 1. The molecule has 1 amide bonds. The molecule has 0 radical (unpaired) electrons. The molecule has 2 heterocycles. The van der Waals surface area contributed by atoms with Gasteiger partial charge in [0, 0.05) is 44.8 Å². The predicted octanol–water partition coefficient (Wildman–Crippen LogP) is 0.763. The zero-order valence-electron chi connectivity index (χ0n) is 11.7. The molecule has 1 aromatic rings. The van der Waals surface area contributed by atoms with Gasteiger partial charge in [-0.05, 0) is 0 Å². The summed E-state index contributed by atoms with van der Waals surface area (Å²) in [6.07, 6.45) is 1.84. The SMILES string of the molecule is Cn1cc(C(=O)N2CCNCC2)c(C(C)(C)C)n1. The summed E-state index contributed by atoms with van der Waals surface area (Å²) in [6, 6.07) is 0. The minimum atomic E-state index is -0.111. The Labute approximate surface area is 108 Å². The highest BCUT2D eigenvalue weighted by molar-refractivity contribution is 5.95. The summed E-state index contributed by atoms with van der Waals surface area (Å²) in [6.45, 7) is 9.56. The monoisotopic (exact) mass is 250 g/mol. The van der Waals surface area contributed by atoms with Gasteiger partial charge in [-0.3, -0.25) is 9.48 Å². The van der Waals surface area contributed by atoms with E-state index >= 15 is 0 Å². The molecule has 0 atom stereocenters. The second-order valence-corrected chi connectivity index (χ2v) is 5.86. The van der Waals surface area contributed by atoms with Gasteiger partial charge in [-0.2, -0.15) is 5.10 Å². The van der Waals surface area contributed by atoms with Gasteiger partial charge in [-0.1, -0.05) is 20.8 Å². The minimum absolute atomic E-state index is 0.106. The van der Waals surface area contributed by atoms with Crippen molar-refractivity contribution in [1.29, 1.82) is 0 Å². The summed E-state index contributed by atoms with van der Waals surface area (Å²) in [7, 11) is 1.86. The molecule has 0 unspecified atom stereocenters.